The van der Waals surface area contributed by atoms with Gasteiger partial charge in [-0.2, -0.15) is 4.37 Å². The molecule has 3 N–H and O–H groups in total. The summed E-state index contributed by atoms with van der Waals surface area (Å²) < 4.78 is 9.80. The largest absolute Gasteiger partial charge is 0.484 e. The molecule has 0 spiro atoms. The molecule has 102 valence electrons. The van der Waals surface area contributed by atoms with Crippen LogP contribution in [0.2, 0.25) is 0 Å². The average Bonchev–Trinajstić information content (AvgIpc) is 2.70. The molecular weight excluding hydrogens is 260 g/mol. The first-order valence-electron chi connectivity index (χ1n) is 6.13. The van der Waals surface area contributed by atoms with Gasteiger partial charge in [-0.05, 0) is 49.5 Å². The Hall–Kier alpha value is -1.82. The molecule has 0 unspecified atom stereocenters. The quantitative estimate of drug-likeness (QED) is 0.879. The van der Waals surface area contributed by atoms with E-state index in [0.717, 1.165) is 10.6 Å². The molecule has 6 heteroatoms. The fraction of sp³-hybridized carbons (Fsp3) is 0.385. The van der Waals surface area contributed by atoms with Crippen LogP contribution < -0.4 is 15.8 Å². The van der Waals surface area contributed by atoms with E-state index in [1.54, 1.807) is 6.20 Å². The molecule has 19 heavy (non-hydrogen) atoms. The number of aromatic nitrogens is 2. The second-order valence-electron chi connectivity index (χ2n) is 4.55. The number of hydrogen-bond acceptors (Lipinski definition) is 6. The van der Waals surface area contributed by atoms with Crippen LogP contribution in [0.15, 0.2) is 18.5 Å². The third-order valence-corrected chi connectivity index (χ3v) is 3.41. The molecule has 0 fully saturated rings. The summed E-state index contributed by atoms with van der Waals surface area (Å²) in [5.74, 6) is 1.07. The lowest BCUT2D eigenvalue weighted by atomic mass is 10.2. The molecule has 0 aromatic carbocycles. The Morgan fingerprint density at radius 2 is 2.26 bits per heavy atom. The summed E-state index contributed by atoms with van der Waals surface area (Å²) in [6.07, 6.45) is 3.71. The Morgan fingerprint density at radius 1 is 1.47 bits per heavy atom. The van der Waals surface area contributed by atoms with Crippen molar-refractivity contribution in [3.8, 4) is 5.75 Å². The highest BCUT2D eigenvalue weighted by molar-refractivity contribution is 7.11. The number of anilines is 2. The fourth-order valence-corrected chi connectivity index (χ4v) is 2.26. The van der Waals surface area contributed by atoms with Gasteiger partial charge in [0.15, 0.2) is 16.6 Å². The molecule has 0 saturated heterocycles. The van der Waals surface area contributed by atoms with Gasteiger partial charge in [0.2, 0.25) is 0 Å². The van der Waals surface area contributed by atoms with Crippen molar-refractivity contribution < 1.29 is 4.74 Å². The zero-order valence-electron chi connectivity index (χ0n) is 11.3. The Kier molecular flexibility index (Phi) is 4.21. The maximum Gasteiger partial charge on any atom is 0.197 e. The first kappa shape index (κ1) is 13.6. The van der Waals surface area contributed by atoms with Gasteiger partial charge >= 0.3 is 0 Å². The van der Waals surface area contributed by atoms with Gasteiger partial charge in [-0.3, -0.25) is 4.98 Å². The fourth-order valence-electron chi connectivity index (χ4n) is 1.61. The van der Waals surface area contributed by atoms with Gasteiger partial charge in [-0.15, -0.1) is 0 Å². The Bertz CT molecular complexity index is 553. The molecule has 0 radical (unpaired) electrons. The lowest BCUT2D eigenvalue weighted by molar-refractivity contribution is 0.245. The molecule has 0 aliphatic rings. The topological polar surface area (TPSA) is 73.1 Å². The molecule has 2 aromatic rings. The highest BCUT2D eigenvalue weighted by atomic mass is 32.1. The molecule has 2 aromatic heterocycles. The van der Waals surface area contributed by atoms with Crippen LogP contribution in [-0.2, 0) is 6.54 Å². The summed E-state index contributed by atoms with van der Waals surface area (Å²) in [6.45, 7) is 6.67. The highest BCUT2D eigenvalue weighted by Gasteiger charge is 2.14. The second kappa shape index (κ2) is 5.88. The van der Waals surface area contributed by atoms with Crippen molar-refractivity contribution >= 4 is 22.4 Å². The zero-order valence-corrected chi connectivity index (χ0v) is 12.1. The molecule has 0 aliphatic heterocycles. The first-order chi connectivity index (χ1) is 9.08. The Morgan fingerprint density at radius 3 is 2.95 bits per heavy atom. The number of aryl methyl sites for hydroxylation is 1. The van der Waals surface area contributed by atoms with E-state index in [2.05, 4.69) is 21.6 Å². The first-order valence-corrected chi connectivity index (χ1v) is 6.90. The normalized spacial score (nSPS) is 10.7. The van der Waals surface area contributed by atoms with Crippen molar-refractivity contribution in [1.82, 2.24) is 9.36 Å². The summed E-state index contributed by atoms with van der Waals surface area (Å²) in [4.78, 5) is 4.13. The van der Waals surface area contributed by atoms with Gasteiger partial charge in [0.25, 0.3) is 0 Å². The van der Waals surface area contributed by atoms with Crippen molar-refractivity contribution in [2.45, 2.75) is 33.4 Å². The predicted molar refractivity (Wildman–Crippen MR) is 78.6 cm³/mol. The molecule has 2 rings (SSSR count). The van der Waals surface area contributed by atoms with Crippen LogP contribution in [-0.4, -0.2) is 15.5 Å². The summed E-state index contributed by atoms with van der Waals surface area (Å²) >= 11 is 1.31. The summed E-state index contributed by atoms with van der Waals surface area (Å²) in [7, 11) is 0. The van der Waals surface area contributed by atoms with Crippen molar-refractivity contribution in [2.75, 3.05) is 11.1 Å². The van der Waals surface area contributed by atoms with Gasteiger partial charge in [-0.25, -0.2) is 0 Å². The van der Waals surface area contributed by atoms with E-state index in [1.807, 2.05) is 26.1 Å². The number of nitrogens with one attached hydrogen (secondary N) is 1. The van der Waals surface area contributed by atoms with Gasteiger partial charge in [0, 0.05) is 18.9 Å². The number of pyridine rings is 1. The van der Waals surface area contributed by atoms with Crippen LogP contribution in [0.4, 0.5) is 10.8 Å². The van der Waals surface area contributed by atoms with Crippen LogP contribution in [0.25, 0.3) is 0 Å². The summed E-state index contributed by atoms with van der Waals surface area (Å²) in [5.41, 5.74) is 8.15. The Balaban J connectivity index is 2.10. The third-order valence-electron chi connectivity index (χ3n) is 2.61. The van der Waals surface area contributed by atoms with E-state index in [9.17, 15) is 0 Å². The van der Waals surface area contributed by atoms with E-state index >= 15 is 0 Å². The monoisotopic (exact) mass is 278 g/mol. The molecule has 0 atom stereocenters. The van der Waals surface area contributed by atoms with Gasteiger partial charge < -0.3 is 15.8 Å². The zero-order chi connectivity index (χ0) is 13.8. The molecule has 0 aliphatic carbocycles. The van der Waals surface area contributed by atoms with Crippen LogP contribution in [0, 0.1) is 6.92 Å². The van der Waals surface area contributed by atoms with Gasteiger partial charge in [-0.1, -0.05) is 0 Å². The maximum atomic E-state index is 5.81. The molecule has 5 nitrogen and oxygen atoms in total. The molecule has 0 bridgehead atoms. The molecule has 0 amide bonds. The minimum absolute atomic E-state index is 0.0689. The van der Waals surface area contributed by atoms with E-state index in [1.165, 1.54) is 17.1 Å². The van der Waals surface area contributed by atoms with Crippen molar-refractivity contribution in [3.63, 3.8) is 0 Å². The van der Waals surface area contributed by atoms with Crippen molar-refractivity contribution in [3.05, 3.63) is 29.6 Å². The summed E-state index contributed by atoms with van der Waals surface area (Å²) in [5, 5.41) is 4.16. The number of ether oxygens (including phenoxy) is 1. The molecular formula is C13H18N4OS. The van der Waals surface area contributed by atoms with Crippen LogP contribution >= 0.6 is 11.5 Å². The molecule has 0 saturated carbocycles. The second-order valence-corrected chi connectivity index (χ2v) is 5.32. The third kappa shape index (κ3) is 3.35. The maximum absolute atomic E-state index is 5.81. The summed E-state index contributed by atoms with van der Waals surface area (Å²) in [6, 6.07) is 1.99. The van der Waals surface area contributed by atoms with Crippen LogP contribution in [0.3, 0.4) is 0 Å². The number of nitrogens with two attached hydrogens (primary N) is 1. The predicted octanol–water partition coefficient (Wildman–Crippen LogP) is 2.83. The average molecular weight is 278 g/mol. The minimum atomic E-state index is 0.0689. The van der Waals surface area contributed by atoms with Crippen LogP contribution in [0.1, 0.15) is 25.0 Å². The van der Waals surface area contributed by atoms with E-state index in [4.69, 9.17) is 10.5 Å². The van der Waals surface area contributed by atoms with Gasteiger partial charge in [0.1, 0.15) is 0 Å². The van der Waals surface area contributed by atoms with E-state index < -0.39 is 0 Å². The lowest BCUT2D eigenvalue weighted by Crippen LogP contribution is -2.09. The highest BCUT2D eigenvalue weighted by Crippen LogP contribution is 2.36. The van der Waals surface area contributed by atoms with E-state index in [-0.39, 0.29) is 6.10 Å². The van der Waals surface area contributed by atoms with Gasteiger partial charge in [0.05, 0.1) is 6.10 Å². The number of nitrogen functional groups attached to an aromatic ring is 1. The molecule has 2 heterocycles. The minimum Gasteiger partial charge on any atom is -0.484 e. The number of hydrogen-bond donors (Lipinski definition) is 2. The Labute approximate surface area is 117 Å². The number of rotatable bonds is 5. The van der Waals surface area contributed by atoms with Crippen molar-refractivity contribution in [1.29, 1.82) is 0 Å². The SMILES string of the molecule is Cc1ccncc1CNc1snc(N)c1OC(C)C. The smallest absolute Gasteiger partial charge is 0.197 e. The van der Waals surface area contributed by atoms with Crippen LogP contribution in [0.5, 0.6) is 5.75 Å². The van der Waals surface area contributed by atoms with E-state index in [0.29, 0.717) is 18.1 Å². The number of nitrogens with zero attached hydrogens (tertiary/aromatic N) is 2. The standard InChI is InChI=1S/C13H18N4OS/c1-8(2)18-11-12(14)17-19-13(11)16-7-10-6-15-5-4-9(10)3/h4-6,8,16H,7H2,1-3H3,(H2,14,17). The van der Waals surface area contributed by atoms with Crippen molar-refractivity contribution in [2.24, 2.45) is 0 Å². The lowest BCUT2D eigenvalue weighted by Gasteiger charge is -2.12.